The molecule has 1 N–H and O–H groups in total. The molecule has 2 atom stereocenters. The van der Waals surface area contributed by atoms with E-state index in [4.69, 9.17) is 9.47 Å². The van der Waals surface area contributed by atoms with E-state index in [-0.39, 0.29) is 48.4 Å². The number of benzene rings is 1. The minimum absolute atomic E-state index is 0.0600. The molecule has 0 bridgehead atoms. The number of hydrogen-bond donors (Lipinski definition) is 1. The van der Waals surface area contributed by atoms with E-state index in [0.29, 0.717) is 18.4 Å². The van der Waals surface area contributed by atoms with Crippen molar-refractivity contribution in [2.45, 2.75) is 50.5 Å². The Morgan fingerprint density at radius 2 is 1.97 bits per heavy atom. The molecule has 3 aliphatic rings. The number of piperidine rings is 1. The summed E-state index contributed by atoms with van der Waals surface area (Å²) in [5, 5.41) is 9.17. The Morgan fingerprint density at radius 1 is 1.30 bits per heavy atom. The number of hydrogen-bond acceptors (Lipinski definition) is 5. The maximum absolute atomic E-state index is 15.7. The lowest BCUT2D eigenvalue weighted by Gasteiger charge is -2.43. The Hall–Kier alpha value is -2.64. The molecule has 2 heterocycles. The minimum atomic E-state index is -1.01. The summed E-state index contributed by atoms with van der Waals surface area (Å²) in [6.45, 7) is 2.22. The first-order valence-corrected chi connectivity index (χ1v) is 10.4. The van der Waals surface area contributed by atoms with Crippen molar-refractivity contribution >= 4 is 17.8 Å². The quantitative estimate of drug-likeness (QED) is 0.750. The van der Waals surface area contributed by atoms with Crippen LogP contribution in [-0.4, -0.2) is 53.7 Å². The van der Waals surface area contributed by atoms with Gasteiger partial charge in [0.25, 0.3) is 0 Å². The second-order valence-corrected chi connectivity index (χ2v) is 8.68. The number of carbonyl (C=O) groups excluding carboxylic acids is 2. The summed E-state index contributed by atoms with van der Waals surface area (Å²) in [6, 6.07) is 3.19. The van der Waals surface area contributed by atoms with Gasteiger partial charge < -0.3 is 19.5 Å². The average molecular weight is 419 g/mol. The lowest BCUT2D eigenvalue weighted by Crippen LogP contribution is -2.52. The maximum Gasteiger partial charge on any atom is 0.407 e. The molecule has 30 heavy (non-hydrogen) atoms. The summed E-state index contributed by atoms with van der Waals surface area (Å²) >= 11 is 0. The molecule has 1 spiro atoms. The number of nitrogens with zero attached hydrogens (tertiary/aromatic N) is 1. The van der Waals surface area contributed by atoms with Gasteiger partial charge in [-0.3, -0.25) is 9.59 Å². The molecule has 1 saturated heterocycles. The molecular formula is C22H26FNO6. The summed E-state index contributed by atoms with van der Waals surface area (Å²) in [6.07, 6.45) is 1.59. The topological polar surface area (TPSA) is 93.1 Å². The Labute approximate surface area is 174 Å². The van der Waals surface area contributed by atoms with Crippen molar-refractivity contribution in [1.82, 2.24) is 4.90 Å². The van der Waals surface area contributed by atoms with Crippen LogP contribution in [-0.2, 0) is 9.53 Å². The van der Waals surface area contributed by atoms with Crippen LogP contribution in [0, 0.1) is 17.7 Å². The van der Waals surface area contributed by atoms with Gasteiger partial charge in [0, 0.05) is 31.8 Å². The average Bonchev–Trinajstić information content (AvgIpc) is 3.55. The highest BCUT2D eigenvalue weighted by atomic mass is 19.1. The van der Waals surface area contributed by atoms with Crippen LogP contribution >= 0.6 is 0 Å². The van der Waals surface area contributed by atoms with E-state index in [2.05, 4.69) is 0 Å². The third-order valence-electron chi connectivity index (χ3n) is 6.77. The van der Waals surface area contributed by atoms with Crippen molar-refractivity contribution in [1.29, 1.82) is 0 Å². The molecular weight excluding hydrogens is 393 g/mol. The number of rotatable bonds is 4. The molecule has 1 aromatic carbocycles. The molecule has 0 aromatic heterocycles. The number of Topliss-reactive ketones (excluding diaryl/α,β-unsaturated/α-hetero) is 1. The fourth-order valence-corrected chi connectivity index (χ4v) is 4.89. The predicted octanol–water partition coefficient (Wildman–Crippen LogP) is 3.61. The monoisotopic (exact) mass is 419 g/mol. The van der Waals surface area contributed by atoms with Crippen LogP contribution in [0.4, 0.5) is 9.18 Å². The fourth-order valence-electron chi connectivity index (χ4n) is 4.89. The van der Waals surface area contributed by atoms with Gasteiger partial charge in [0.2, 0.25) is 0 Å². The number of ketones is 1. The first kappa shape index (κ1) is 20.6. The number of carboxylic acid groups (broad SMARTS) is 1. The first-order chi connectivity index (χ1) is 14.3. The number of halogens is 1. The molecule has 1 saturated carbocycles. The van der Waals surface area contributed by atoms with Gasteiger partial charge in [-0.1, -0.05) is 13.0 Å². The van der Waals surface area contributed by atoms with Gasteiger partial charge in [0.05, 0.1) is 25.0 Å². The van der Waals surface area contributed by atoms with Gasteiger partial charge in [-0.25, -0.2) is 9.18 Å². The Bertz CT molecular complexity index is 888. The number of carbonyl (C=O) groups is 3. The second kappa shape index (κ2) is 7.56. The van der Waals surface area contributed by atoms with E-state index >= 15 is 4.39 Å². The standard InChI is InChI=1S/C22H26FNO6/c1-12(20(26)29-2)17(13-3-4-13)15-6-5-14-16(25)11-22(30-19(14)18(15)23)7-9-24(10-8-22)21(27)28/h5-6,12-13,17H,3-4,7-11H2,1-2H3,(H,27,28). The number of amides is 1. The van der Waals surface area contributed by atoms with E-state index in [1.165, 1.54) is 12.0 Å². The third kappa shape index (κ3) is 3.52. The zero-order valence-corrected chi connectivity index (χ0v) is 17.2. The number of methoxy groups -OCH3 is 1. The van der Waals surface area contributed by atoms with Crippen LogP contribution < -0.4 is 4.74 Å². The molecule has 162 valence electrons. The molecule has 1 aliphatic carbocycles. The number of ether oxygens (including phenoxy) is 2. The highest BCUT2D eigenvalue weighted by Crippen LogP contribution is 2.50. The van der Waals surface area contributed by atoms with Crippen molar-refractivity contribution in [3.8, 4) is 5.75 Å². The SMILES string of the molecule is COC(=O)C(C)C(c1ccc2c(c1F)OC1(CCN(C(=O)O)CC1)CC2=O)C1CC1. The maximum atomic E-state index is 15.7. The second-order valence-electron chi connectivity index (χ2n) is 8.68. The molecule has 2 aliphatic heterocycles. The summed E-state index contributed by atoms with van der Waals surface area (Å²) in [5.74, 6) is -1.90. The highest BCUT2D eigenvalue weighted by Gasteiger charge is 2.46. The molecule has 4 rings (SSSR count). The van der Waals surface area contributed by atoms with Gasteiger partial charge in [-0.15, -0.1) is 0 Å². The van der Waals surface area contributed by atoms with E-state index in [9.17, 15) is 19.5 Å². The number of fused-ring (bicyclic) bond motifs is 1. The van der Waals surface area contributed by atoms with E-state index in [1.54, 1.807) is 19.1 Å². The predicted molar refractivity (Wildman–Crippen MR) is 104 cm³/mol. The van der Waals surface area contributed by atoms with Crippen LogP contribution in [0.15, 0.2) is 12.1 Å². The molecule has 2 unspecified atom stereocenters. The first-order valence-electron chi connectivity index (χ1n) is 10.4. The molecule has 0 radical (unpaired) electrons. The zero-order valence-electron chi connectivity index (χ0n) is 17.2. The van der Waals surface area contributed by atoms with E-state index < -0.39 is 29.4 Å². The van der Waals surface area contributed by atoms with Crippen molar-refractivity contribution < 1.29 is 33.4 Å². The highest BCUT2D eigenvalue weighted by molar-refractivity contribution is 6.00. The molecule has 1 amide bonds. The van der Waals surface area contributed by atoms with Gasteiger partial charge in [0.1, 0.15) is 5.60 Å². The Balaban J connectivity index is 1.67. The summed E-state index contributed by atoms with van der Waals surface area (Å²) in [7, 11) is 1.32. The molecule has 7 nitrogen and oxygen atoms in total. The third-order valence-corrected chi connectivity index (χ3v) is 6.77. The molecule has 8 heteroatoms. The van der Waals surface area contributed by atoms with Crippen molar-refractivity contribution in [2.75, 3.05) is 20.2 Å². The lowest BCUT2D eigenvalue weighted by atomic mass is 9.79. The normalized spacial score (nSPS) is 22.1. The summed E-state index contributed by atoms with van der Waals surface area (Å²) in [5.41, 5.74) is -0.303. The largest absolute Gasteiger partial charge is 0.483 e. The smallest absolute Gasteiger partial charge is 0.407 e. The van der Waals surface area contributed by atoms with E-state index in [1.807, 2.05) is 0 Å². The number of esters is 1. The zero-order chi connectivity index (χ0) is 21.6. The van der Waals surface area contributed by atoms with Gasteiger partial charge in [0.15, 0.2) is 17.3 Å². The molecule has 1 aromatic rings. The minimum Gasteiger partial charge on any atom is -0.483 e. The van der Waals surface area contributed by atoms with E-state index in [0.717, 1.165) is 12.8 Å². The van der Waals surface area contributed by atoms with Crippen LogP contribution in [0.1, 0.15) is 60.9 Å². The summed E-state index contributed by atoms with van der Waals surface area (Å²) in [4.78, 5) is 37.4. The van der Waals surface area contributed by atoms with Crippen LogP contribution in [0.2, 0.25) is 0 Å². The van der Waals surface area contributed by atoms with Gasteiger partial charge in [-0.2, -0.15) is 0 Å². The Kier molecular flexibility index (Phi) is 5.20. The fraction of sp³-hybridized carbons (Fsp3) is 0.591. The van der Waals surface area contributed by atoms with Crippen LogP contribution in [0.5, 0.6) is 5.75 Å². The van der Waals surface area contributed by atoms with Crippen LogP contribution in [0.3, 0.4) is 0 Å². The van der Waals surface area contributed by atoms with Gasteiger partial charge >= 0.3 is 12.1 Å². The van der Waals surface area contributed by atoms with Crippen molar-refractivity contribution in [3.63, 3.8) is 0 Å². The number of likely N-dealkylation sites (tertiary alicyclic amines) is 1. The Morgan fingerprint density at radius 3 is 2.53 bits per heavy atom. The lowest BCUT2D eigenvalue weighted by molar-refractivity contribution is -0.145. The van der Waals surface area contributed by atoms with Crippen molar-refractivity contribution in [2.24, 2.45) is 11.8 Å². The molecule has 2 fully saturated rings. The van der Waals surface area contributed by atoms with Crippen LogP contribution in [0.25, 0.3) is 0 Å². The summed E-state index contributed by atoms with van der Waals surface area (Å²) < 4.78 is 26.7. The van der Waals surface area contributed by atoms with Gasteiger partial charge in [-0.05, 0) is 30.4 Å². The van der Waals surface area contributed by atoms with Crippen molar-refractivity contribution in [3.05, 3.63) is 29.1 Å².